The van der Waals surface area contributed by atoms with Crippen molar-refractivity contribution in [3.8, 4) is 0 Å². The standard InChI is InChI=1S/C11H14N4.ClH/c12-11(9-15-7-6-13-14-15)8-10-4-2-1-3-5-10;/h1-7,11H,8-9,12H2;1H. The molecule has 2 aromatic rings. The fourth-order valence-electron chi connectivity index (χ4n) is 1.55. The Balaban J connectivity index is 0.00000128. The Morgan fingerprint density at radius 1 is 1.25 bits per heavy atom. The highest BCUT2D eigenvalue weighted by molar-refractivity contribution is 5.85. The zero-order chi connectivity index (χ0) is 10.5. The lowest BCUT2D eigenvalue weighted by atomic mass is 10.1. The fourth-order valence-corrected chi connectivity index (χ4v) is 1.55. The SMILES string of the molecule is Cl.NC(Cc1ccccc1)Cn1ccnn1. The first-order valence-corrected chi connectivity index (χ1v) is 4.98. The molecule has 1 heterocycles. The molecule has 0 aliphatic heterocycles. The Kier molecular flexibility index (Phi) is 4.95. The normalized spacial score (nSPS) is 11.8. The molecule has 4 nitrogen and oxygen atoms in total. The predicted molar refractivity (Wildman–Crippen MR) is 65.4 cm³/mol. The summed E-state index contributed by atoms with van der Waals surface area (Å²) in [5.41, 5.74) is 7.26. The number of hydrogen-bond donors (Lipinski definition) is 1. The van der Waals surface area contributed by atoms with E-state index < -0.39 is 0 Å². The van der Waals surface area contributed by atoms with E-state index in [4.69, 9.17) is 5.73 Å². The molecule has 0 bridgehead atoms. The Labute approximate surface area is 101 Å². The van der Waals surface area contributed by atoms with Crippen LogP contribution in [0.15, 0.2) is 42.7 Å². The monoisotopic (exact) mass is 238 g/mol. The smallest absolute Gasteiger partial charge is 0.0692 e. The quantitative estimate of drug-likeness (QED) is 0.873. The minimum absolute atomic E-state index is 0. The topological polar surface area (TPSA) is 56.7 Å². The van der Waals surface area contributed by atoms with Crippen LogP contribution in [-0.2, 0) is 13.0 Å². The second-order valence-corrected chi connectivity index (χ2v) is 3.57. The van der Waals surface area contributed by atoms with Crippen molar-refractivity contribution in [2.45, 2.75) is 19.0 Å². The third-order valence-electron chi connectivity index (χ3n) is 2.23. The summed E-state index contributed by atoms with van der Waals surface area (Å²) >= 11 is 0. The molecule has 0 saturated heterocycles. The highest BCUT2D eigenvalue weighted by Gasteiger charge is 2.04. The van der Waals surface area contributed by atoms with Crippen molar-refractivity contribution in [2.75, 3.05) is 0 Å². The van der Waals surface area contributed by atoms with Crippen LogP contribution in [0.1, 0.15) is 5.56 Å². The van der Waals surface area contributed by atoms with Crippen molar-refractivity contribution in [2.24, 2.45) is 5.73 Å². The molecular formula is C11H15ClN4. The van der Waals surface area contributed by atoms with Crippen molar-refractivity contribution in [3.05, 3.63) is 48.3 Å². The maximum Gasteiger partial charge on any atom is 0.0692 e. The van der Waals surface area contributed by atoms with Crippen molar-refractivity contribution >= 4 is 12.4 Å². The first-order chi connectivity index (χ1) is 7.34. The Morgan fingerprint density at radius 3 is 2.62 bits per heavy atom. The molecule has 1 unspecified atom stereocenters. The number of nitrogens with zero attached hydrogens (tertiary/aromatic N) is 3. The second kappa shape index (κ2) is 6.25. The maximum atomic E-state index is 6.01. The fraction of sp³-hybridized carbons (Fsp3) is 0.273. The average Bonchev–Trinajstić information content (AvgIpc) is 2.71. The molecule has 2 rings (SSSR count). The van der Waals surface area contributed by atoms with Crippen molar-refractivity contribution < 1.29 is 0 Å². The molecule has 0 aliphatic rings. The Hall–Kier alpha value is -1.39. The summed E-state index contributed by atoms with van der Waals surface area (Å²) in [4.78, 5) is 0. The van der Waals surface area contributed by atoms with E-state index >= 15 is 0 Å². The van der Waals surface area contributed by atoms with Crippen molar-refractivity contribution in [1.82, 2.24) is 15.0 Å². The van der Waals surface area contributed by atoms with Crippen LogP contribution in [0.2, 0.25) is 0 Å². The average molecular weight is 239 g/mol. The molecule has 86 valence electrons. The molecule has 1 aromatic heterocycles. The largest absolute Gasteiger partial charge is 0.326 e. The molecule has 0 fully saturated rings. The molecule has 0 saturated carbocycles. The van der Waals surface area contributed by atoms with Crippen LogP contribution in [0.5, 0.6) is 0 Å². The molecule has 16 heavy (non-hydrogen) atoms. The molecule has 1 aromatic carbocycles. The summed E-state index contributed by atoms with van der Waals surface area (Å²) in [6.45, 7) is 0.703. The Bertz CT molecular complexity index is 388. The van der Waals surface area contributed by atoms with E-state index in [0.717, 1.165) is 6.42 Å². The number of benzene rings is 1. The second-order valence-electron chi connectivity index (χ2n) is 3.57. The van der Waals surface area contributed by atoms with Gasteiger partial charge in [-0.05, 0) is 12.0 Å². The summed E-state index contributed by atoms with van der Waals surface area (Å²) in [7, 11) is 0. The van der Waals surface area contributed by atoms with E-state index in [2.05, 4.69) is 22.4 Å². The van der Waals surface area contributed by atoms with Gasteiger partial charge in [0.15, 0.2) is 0 Å². The molecule has 2 N–H and O–H groups in total. The minimum Gasteiger partial charge on any atom is -0.326 e. The van der Waals surface area contributed by atoms with Gasteiger partial charge in [-0.2, -0.15) is 0 Å². The van der Waals surface area contributed by atoms with Gasteiger partial charge in [0, 0.05) is 12.2 Å². The summed E-state index contributed by atoms with van der Waals surface area (Å²) < 4.78 is 1.76. The summed E-state index contributed by atoms with van der Waals surface area (Å²) in [6, 6.07) is 10.3. The highest BCUT2D eigenvalue weighted by Crippen LogP contribution is 2.02. The van der Waals surface area contributed by atoms with E-state index in [1.807, 2.05) is 24.4 Å². The van der Waals surface area contributed by atoms with Crippen LogP contribution in [0.25, 0.3) is 0 Å². The van der Waals surface area contributed by atoms with Gasteiger partial charge in [-0.3, -0.25) is 4.68 Å². The van der Waals surface area contributed by atoms with Gasteiger partial charge in [0.1, 0.15) is 0 Å². The maximum absolute atomic E-state index is 6.01. The van der Waals surface area contributed by atoms with Crippen LogP contribution < -0.4 is 5.73 Å². The van der Waals surface area contributed by atoms with Gasteiger partial charge < -0.3 is 5.73 Å². The number of hydrogen-bond acceptors (Lipinski definition) is 3. The number of rotatable bonds is 4. The summed E-state index contributed by atoms with van der Waals surface area (Å²) in [5, 5.41) is 7.62. The van der Waals surface area contributed by atoms with Crippen LogP contribution >= 0.6 is 12.4 Å². The van der Waals surface area contributed by atoms with Crippen molar-refractivity contribution in [1.29, 1.82) is 0 Å². The lowest BCUT2D eigenvalue weighted by molar-refractivity contribution is 0.496. The van der Waals surface area contributed by atoms with Gasteiger partial charge in [0.2, 0.25) is 0 Å². The van der Waals surface area contributed by atoms with E-state index in [9.17, 15) is 0 Å². The van der Waals surface area contributed by atoms with Crippen molar-refractivity contribution in [3.63, 3.8) is 0 Å². The van der Waals surface area contributed by atoms with Gasteiger partial charge in [-0.25, -0.2) is 0 Å². The number of halogens is 1. The van der Waals surface area contributed by atoms with Crippen LogP contribution in [0.4, 0.5) is 0 Å². The molecule has 1 atom stereocenters. The van der Waals surface area contributed by atoms with Gasteiger partial charge in [-0.15, -0.1) is 17.5 Å². The molecular weight excluding hydrogens is 224 g/mol. The minimum atomic E-state index is 0. The number of nitrogens with two attached hydrogens (primary N) is 1. The van der Waals surface area contributed by atoms with Crippen LogP contribution in [0, 0.1) is 0 Å². The van der Waals surface area contributed by atoms with Crippen LogP contribution in [-0.4, -0.2) is 21.0 Å². The number of aromatic nitrogens is 3. The molecule has 0 radical (unpaired) electrons. The molecule has 0 aliphatic carbocycles. The van der Waals surface area contributed by atoms with Gasteiger partial charge in [0.25, 0.3) is 0 Å². The Morgan fingerprint density at radius 2 is 2.00 bits per heavy atom. The third-order valence-corrected chi connectivity index (χ3v) is 2.23. The van der Waals surface area contributed by atoms with E-state index in [1.165, 1.54) is 5.56 Å². The summed E-state index contributed by atoms with van der Waals surface area (Å²) in [6.07, 6.45) is 4.35. The van der Waals surface area contributed by atoms with Gasteiger partial charge >= 0.3 is 0 Å². The third kappa shape index (κ3) is 3.64. The lowest BCUT2D eigenvalue weighted by Crippen LogP contribution is -2.28. The molecule has 0 spiro atoms. The highest BCUT2D eigenvalue weighted by atomic mass is 35.5. The zero-order valence-electron chi connectivity index (χ0n) is 8.86. The molecule has 5 heteroatoms. The summed E-state index contributed by atoms with van der Waals surface area (Å²) in [5.74, 6) is 0. The predicted octanol–water partition coefficient (Wildman–Crippen LogP) is 1.27. The van der Waals surface area contributed by atoms with Gasteiger partial charge in [0.05, 0.1) is 12.7 Å². The zero-order valence-corrected chi connectivity index (χ0v) is 9.68. The van der Waals surface area contributed by atoms with Gasteiger partial charge in [-0.1, -0.05) is 35.5 Å². The van der Waals surface area contributed by atoms with Crippen LogP contribution in [0.3, 0.4) is 0 Å². The molecule has 0 amide bonds. The van der Waals surface area contributed by atoms with E-state index in [-0.39, 0.29) is 18.4 Å². The first-order valence-electron chi connectivity index (χ1n) is 4.98. The van der Waals surface area contributed by atoms with E-state index in [0.29, 0.717) is 6.54 Å². The lowest BCUT2D eigenvalue weighted by Gasteiger charge is -2.10. The first kappa shape index (κ1) is 12.7. The van der Waals surface area contributed by atoms with E-state index in [1.54, 1.807) is 10.9 Å².